The third kappa shape index (κ3) is 3.13. The van der Waals surface area contributed by atoms with Gasteiger partial charge in [-0.2, -0.15) is 0 Å². The van der Waals surface area contributed by atoms with Crippen molar-refractivity contribution >= 4 is 0 Å². The summed E-state index contributed by atoms with van der Waals surface area (Å²) in [4.78, 5) is 0. The minimum absolute atomic E-state index is 0.409. The molecule has 0 aliphatic carbocycles. The molecular weight excluding hydrogens is 176 g/mol. The average molecular weight is 192 g/mol. The van der Waals surface area contributed by atoms with Crippen molar-refractivity contribution in [1.82, 2.24) is 0 Å². The molecule has 0 saturated carbocycles. The highest BCUT2D eigenvalue weighted by atomic mass is 16.6. The maximum absolute atomic E-state index is 5.09. The maximum Gasteiger partial charge on any atom is 0.106 e. The molecule has 2 aliphatic rings. The Morgan fingerprint density at radius 3 is 2.07 bits per heavy atom. The summed E-state index contributed by atoms with van der Waals surface area (Å²) in [6.07, 6.45) is 2.96. The molecule has 1 aromatic rings. The maximum atomic E-state index is 5.09. The molecule has 2 nitrogen and oxygen atoms in total. The van der Waals surface area contributed by atoms with Gasteiger partial charge in [0.25, 0.3) is 0 Å². The Morgan fingerprint density at radius 2 is 1.64 bits per heavy atom. The van der Waals surface area contributed by atoms with E-state index in [1.807, 2.05) is 18.2 Å². The molecule has 0 spiro atoms. The first-order valence-electron chi connectivity index (χ1n) is 5.21. The lowest BCUT2D eigenvalue weighted by Gasteiger charge is -1.89. The number of rotatable bonds is 1. The van der Waals surface area contributed by atoms with Crippen LogP contribution >= 0.6 is 0 Å². The number of ether oxygens (including phenoxy) is 2. The Balaban J connectivity index is 0.000000128. The molecule has 0 amide bonds. The van der Waals surface area contributed by atoms with E-state index in [0.717, 1.165) is 19.8 Å². The standard InChI is InChI=1S/C8H8O.C4H8O/c1-2-4-7(5-3-1)8-6-9-8;1-2-4-5-3-1/h1-5,8H,6H2;1-4H2. The lowest BCUT2D eigenvalue weighted by Crippen LogP contribution is -1.75. The molecule has 14 heavy (non-hydrogen) atoms. The van der Waals surface area contributed by atoms with Crippen LogP contribution in [-0.2, 0) is 9.47 Å². The van der Waals surface area contributed by atoms with Gasteiger partial charge in [-0.1, -0.05) is 30.3 Å². The largest absolute Gasteiger partial charge is 0.381 e. The van der Waals surface area contributed by atoms with Gasteiger partial charge in [0.05, 0.1) is 6.61 Å². The summed E-state index contributed by atoms with van der Waals surface area (Å²) < 4.78 is 10.0. The number of hydrogen-bond acceptors (Lipinski definition) is 2. The zero-order chi connectivity index (χ0) is 9.64. The molecule has 2 heterocycles. The summed E-state index contributed by atoms with van der Waals surface area (Å²) in [5.41, 5.74) is 1.30. The van der Waals surface area contributed by atoms with Gasteiger partial charge in [-0.25, -0.2) is 0 Å². The Labute approximate surface area is 84.8 Å². The lowest BCUT2D eigenvalue weighted by atomic mass is 10.2. The van der Waals surface area contributed by atoms with Crippen molar-refractivity contribution in [2.24, 2.45) is 0 Å². The van der Waals surface area contributed by atoms with Crippen LogP contribution in [0, 0.1) is 0 Å². The quantitative estimate of drug-likeness (QED) is 0.638. The van der Waals surface area contributed by atoms with Gasteiger partial charge < -0.3 is 9.47 Å². The van der Waals surface area contributed by atoms with E-state index in [0.29, 0.717) is 6.10 Å². The molecule has 0 aromatic heterocycles. The molecule has 2 aliphatic heterocycles. The highest BCUT2D eigenvalue weighted by Crippen LogP contribution is 2.28. The zero-order valence-corrected chi connectivity index (χ0v) is 8.32. The second-order valence-electron chi connectivity index (χ2n) is 3.55. The molecule has 0 bridgehead atoms. The van der Waals surface area contributed by atoms with Crippen molar-refractivity contribution in [3.63, 3.8) is 0 Å². The predicted octanol–water partition coefficient (Wildman–Crippen LogP) is 2.55. The zero-order valence-electron chi connectivity index (χ0n) is 8.32. The molecule has 0 radical (unpaired) electrons. The first kappa shape index (κ1) is 9.69. The molecule has 1 atom stereocenters. The second kappa shape index (κ2) is 5.13. The first-order chi connectivity index (χ1) is 6.97. The van der Waals surface area contributed by atoms with E-state index in [1.54, 1.807) is 0 Å². The van der Waals surface area contributed by atoms with Gasteiger partial charge in [0, 0.05) is 13.2 Å². The summed E-state index contributed by atoms with van der Waals surface area (Å²) >= 11 is 0. The van der Waals surface area contributed by atoms with Crippen molar-refractivity contribution in [2.75, 3.05) is 19.8 Å². The number of benzene rings is 1. The van der Waals surface area contributed by atoms with E-state index < -0.39 is 0 Å². The van der Waals surface area contributed by atoms with Crippen LogP contribution in [-0.4, -0.2) is 19.8 Å². The Hall–Kier alpha value is -0.860. The fraction of sp³-hybridized carbons (Fsp3) is 0.500. The van der Waals surface area contributed by atoms with Gasteiger partial charge in [-0.3, -0.25) is 0 Å². The molecule has 2 heteroatoms. The van der Waals surface area contributed by atoms with Crippen LogP contribution in [0.5, 0.6) is 0 Å². The molecule has 76 valence electrons. The van der Waals surface area contributed by atoms with Crippen LogP contribution in [0.3, 0.4) is 0 Å². The van der Waals surface area contributed by atoms with E-state index in [-0.39, 0.29) is 0 Å². The lowest BCUT2D eigenvalue weighted by molar-refractivity contribution is 0.198. The SMILES string of the molecule is C1CCOC1.c1ccc(C2CO2)cc1. The van der Waals surface area contributed by atoms with E-state index in [4.69, 9.17) is 9.47 Å². The van der Waals surface area contributed by atoms with Crippen LogP contribution in [0.2, 0.25) is 0 Å². The predicted molar refractivity (Wildman–Crippen MR) is 55.2 cm³/mol. The van der Waals surface area contributed by atoms with Crippen LogP contribution in [0.1, 0.15) is 24.5 Å². The van der Waals surface area contributed by atoms with Crippen molar-refractivity contribution in [1.29, 1.82) is 0 Å². The van der Waals surface area contributed by atoms with Gasteiger partial charge in [-0.15, -0.1) is 0 Å². The van der Waals surface area contributed by atoms with Gasteiger partial charge in [-0.05, 0) is 18.4 Å². The smallest absolute Gasteiger partial charge is 0.106 e. The highest BCUT2D eigenvalue weighted by molar-refractivity contribution is 5.19. The van der Waals surface area contributed by atoms with Gasteiger partial charge in [0.15, 0.2) is 0 Å². The molecule has 2 fully saturated rings. The summed E-state index contributed by atoms with van der Waals surface area (Å²) in [5.74, 6) is 0. The van der Waals surface area contributed by atoms with E-state index in [2.05, 4.69) is 12.1 Å². The Bertz CT molecular complexity index is 243. The molecule has 3 rings (SSSR count). The van der Waals surface area contributed by atoms with Crippen molar-refractivity contribution < 1.29 is 9.47 Å². The summed E-state index contributed by atoms with van der Waals surface area (Å²) in [7, 11) is 0. The van der Waals surface area contributed by atoms with Crippen molar-refractivity contribution in [3.05, 3.63) is 35.9 Å². The minimum Gasteiger partial charge on any atom is -0.381 e. The van der Waals surface area contributed by atoms with E-state index in [9.17, 15) is 0 Å². The second-order valence-corrected chi connectivity index (χ2v) is 3.55. The summed E-state index contributed by atoms with van der Waals surface area (Å²) in [6.45, 7) is 2.91. The van der Waals surface area contributed by atoms with Crippen LogP contribution in [0.4, 0.5) is 0 Å². The minimum atomic E-state index is 0.409. The van der Waals surface area contributed by atoms with Crippen LogP contribution < -0.4 is 0 Å². The Morgan fingerprint density at radius 1 is 1.00 bits per heavy atom. The Kier molecular flexibility index (Phi) is 3.55. The fourth-order valence-electron chi connectivity index (χ4n) is 1.42. The average Bonchev–Trinajstić information content (AvgIpc) is 2.93. The highest BCUT2D eigenvalue weighted by Gasteiger charge is 2.23. The first-order valence-corrected chi connectivity index (χ1v) is 5.21. The van der Waals surface area contributed by atoms with E-state index >= 15 is 0 Å². The molecular formula is C12H16O2. The topological polar surface area (TPSA) is 21.8 Å². The number of epoxide rings is 1. The van der Waals surface area contributed by atoms with Crippen molar-refractivity contribution in [2.45, 2.75) is 18.9 Å². The van der Waals surface area contributed by atoms with Crippen LogP contribution in [0.15, 0.2) is 30.3 Å². The van der Waals surface area contributed by atoms with E-state index in [1.165, 1.54) is 18.4 Å². The molecule has 0 N–H and O–H groups in total. The molecule has 1 unspecified atom stereocenters. The fourth-order valence-corrected chi connectivity index (χ4v) is 1.42. The van der Waals surface area contributed by atoms with Gasteiger partial charge in [0.1, 0.15) is 6.10 Å². The van der Waals surface area contributed by atoms with Gasteiger partial charge in [0.2, 0.25) is 0 Å². The number of hydrogen-bond donors (Lipinski definition) is 0. The van der Waals surface area contributed by atoms with Gasteiger partial charge >= 0.3 is 0 Å². The third-order valence-electron chi connectivity index (χ3n) is 2.33. The summed E-state index contributed by atoms with van der Waals surface area (Å²) in [5, 5.41) is 0. The van der Waals surface area contributed by atoms with Crippen LogP contribution in [0.25, 0.3) is 0 Å². The normalized spacial score (nSPS) is 23.9. The molecule has 1 aromatic carbocycles. The monoisotopic (exact) mass is 192 g/mol. The molecule has 2 saturated heterocycles. The van der Waals surface area contributed by atoms with Crippen molar-refractivity contribution in [3.8, 4) is 0 Å². The summed E-state index contributed by atoms with van der Waals surface area (Å²) in [6, 6.07) is 10.3. The third-order valence-corrected chi connectivity index (χ3v) is 2.33.